The fraction of sp³-hybridized carbons (Fsp3) is 0.643. The van der Waals surface area contributed by atoms with Gasteiger partial charge >= 0.3 is 11.9 Å². The topological polar surface area (TPSA) is 64.3 Å². The van der Waals surface area contributed by atoms with Crippen LogP contribution in [0.1, 0.15) is 20.3 Å². The van der Waals surface area contributed by atoms with Crippen LogP contribution in [0.5, 0.6) is 0 Å². The van der Waals surface area contributed by atoms with Crippen LogP contribution in [0, 0.1) is 5.92 Å². The number of hydrogen-bond acceptors (Lipinski definition) is 3. The zero-order chi connectivity index (χ0) is 17.6. The van der Waals surface area contributed by atoms with Gasteiger partial charge in [-0.3, -0.25) is 18.7 Å². The van der Waals surface area contributed by atoms with Gasteiger partial charge in [0.2, 0.25) is 5.91 Å². The largest absolute Gasteiger partial charge is 0.394 e. The average Bonchev–Trinajstić information content (AvgIpc) is 2.74. The van der Waals surface area contributed by atoms with E-state index in [-0.39, 0.29) is 13.0 Å². The van der Waals surface area contributed by atoms with Gasteiger partial charge < -0.3 is 4.90 Å². The molecule has 1 aliphatic heterocycles. The second-order valence-electron chi connectivity index (χ2n) is 6.21. The molecule has 0 N–H and O–H groups in total. The molecule has 1 amide bonds. The Kier molecular flexibility index (Phi) is 4.16. The van der Waals surface area contributed by atoms with Crippen LogP contribution < -0.4 is 11.2 Å². The number of carbonyl (C=O) groups is 1. The molecule has 1 aromatic heterocycles. The average molecular weight is 333 g/mol. The number of likely N-dealkylation sites (tertiary alicyclic amines) is 1. The second kappa shape index (κ2) is 5.54. The van der Waals surface area contributed by atoms with Gasteiger partial charge in [0.15, 0.2) is 0 Å². The zero-order valence-corrected chi connectivity index (χ0v) is 13.1. The minimum absolute atomic E-state index is 0.0173. The van der Waals surface area contributed by atoms with Gasteiger partial charge in [-0.2, -0.15) is 13.2 Å². The Labute approximate surface area is 130 Å². The molecule has 0 spiro atoms. The van der Waals surface area contributed by atoms with E-state index < -0.39 is 41.3 Å². The highest BCUT2D eigenvalue weighted by molar-refractivity contribution is 5.77. The summed E-state index contributed by atoms with van der Waals surface area (Å²) in [4.78, 5) is 36.7. The third-order valence-corrected chi connectivity index (χ3v) is 4.45. The first-order valence-electron chi connectivity index (χ1n) is 7.10. The van der Waals surface area contributed by atoms with Crippen molar-refractivity contribution in [2.24, 2.45) is 13.0 Å². The smallest absolute Gasteiger partial charge is 0.335 e. The third-order valence-electron chi connectivity index (χ3n) is 4.45. The van der Waals surface area contributed by atoms with Gasteiger partial charge in [0, 0.05) is 31.4 Å². The van der Waals surface area contributed by atoms with E-state index in [2.05, 4.69) is 0 Å². The standard InChI is InChI=1S/C14H18F3N3O3/c1-13(2)9(14(15,16)17)4-7-20(13)11(22)8-19-6-5-10(21)18(3)12(19)23/h5-6,9H,4,7-8H2,1-3H3. The fourth-order valence-electron chi connectivity index (χ4n) is 3.07. The van der Waals surface area contributed by atoms with Crippen LogP contribution in [-0.4, -0.2) is 38.2 Å². The molecule has 0 aromatic carbocycles. The Hall–Kier alpha value is -2.06. The first kappa shape index (κ1) is 17.3. The molecular weight excluding hydrogens is 315 g/mol. The molecule has 0 radical (unpaired) electrons. The Balaban J connectivity index is 2.24. The summed E-state index contributed by atoms with van der Waals surface area (Å²) in [6, 6.07) is 1.13. The molecule has 9 heteroatoms. The van der Waals surface area contributed by atoms with Crippen molar-refractivity contribution in [3.05, 3.63) is 33.1 Å². The summed E-state index contributed by atoms with van der Waals surface area (Å²) in [6.07, 6.45) is -3.37. The summed E-state index contributed by atoms with van der Waals surface area (Å²) >= 11 is 0. The van der Waals surface area contributed by atoms with Crippen molar-refractivity contribution in [3.8, 4) is 0 Å². The quantitative estimate of drug-likeness (QED) is 0.802. The number of alkyl halides is 3. The molecule has 0 aliphatic carbocycles. The van der Waals surface area contributed by atoms with Crippen LogP contribution in [0.25, 0.3) is 0 Å². The predicted octanol–water partition coefficient (Wildman–Crippen LogP) is 0.736. The molecule has 1 aromatic rings. The van der Waals surface area contributed by atoms with E-state index in [9.17, 15) is 27.6 Å². The second-order valence-corrected chi connectivity index (χ2v) is 6.21. The molecule has 2 rings (SSSR count). The lowest BCUT2D eigenvalue weighted by Crippen LogP contribution is -2.51. The molecular formula is C14H18F3N3O3. The summed E-state index contributed by atoms with van der Waals surface area (Å²) in [7, 11) is 1.27. The van der Waals surface area contributed by atoms with E-state index in [0.717, 1.165) is 20.1 Å². The highest BCUT2D eigenvalue weighted by Gasteiger charge is 2.56. The van der Waals surface area contributed by atoms with Crippen LogP contribution in [0.2, 0.25) is 0 Å². The van der Waals surface area contributed by atoms with E-state index in [1.165, 1.54) is 27.1 Å². The molecule has 6 nitrogen and oxygen atoms in total. The van der Waals surface area contributed by atoms with Crippen molar-refractivity contribution in [1.29, 1.82) is 0 Å². The van der Waals surface area contributed by atoms with Crippen molar-refractivity contribution in [3.63, 3.8) is 0 Å². The SMILES string of the molecule is Cn1c(=O)ccn(CC(=O)N2CCC(C(F)(F)F)C2(C)C)c1=O. The van der Waals surface area contributed by atoms with Crippen LogP contribution in [0.3, 0.4) is 0 Å². The lowest BCUT2D eigenvalue weighted by atomic mass is 9.88. The van der Waals surface area contributed by atoms with Gasteiger partial charge in [-0.25, -0.2) is 4.79 Å². The van der Waals surface area contributed by atoms with Crippen molar-refractivity contribution < 1.29 is 18.0 Å². The molecule has 1 unspecified atom stereocenters. The van der Waals surface area contributed by atoms with E-state index in [4.69, 9.17) is 0 Å². The van der Waals surface area contributed by atoms with Gasteiger partial charge in [-0.05, 0) is 20.3 Å². The molecule has 128 valence electrons. The lowest BCUT2D eigenvalue weighted by molar-refractivity contribution is -0.192. The zero-order valence-electron chi connectivity index (χ0n) is 13.1. The third kappa shape index (κ3) is 3.04. The maximum atomic E-state index is 13.1. The summed E-state index contributed by atoms with van der Waals surface area (Å²) in [6.45, 7) is 2.33. The van der Waals surface area contributed by atoms with E-state index in [1.807, 2.05) is 0 Å². The maximum Gasteiger partial charge on any atom is 0.394 e. The molecule has 1 fully saturated rings. The highest BCUT2D eigenvalue weighted by atomic mass is 19.4. The van der Waals surface area contributed by atoms with Crippen LogP contribution in [-0.2, 0) is 18.4 Å². The van der Waals surface area contributed by atoms with Gasteiger partial charge in [0.25, 0.3) is 5.56 Å². The van der Waals surface area contributed by atoms with Crippen molar-refractivity contribution in [1.82, 2.24) is 14.0 Å². The van der Waals surface area contributed by atoms with Crippen LogP contribution in [0.15, 0.2) is 21.9 Å². The number of halogens is 3. The number of aromatic nitrogens is 2. The summed E-state index contributed by atoms with van der Waals surface area (Å²) < 4.78 is 41.0. The lowest BCUT2D eigenvalue weighted by Gasteiger charge is -2.36. The first-order valence-corrected chi connectivity index (χ1v) is 7.10. The normalized spacial score (nSPS) is 20.8. The molecule has 1 saturated heterocycles. The summed E-state index contributed by atoms with van der Waals surface area (Å²) in [5, 5.41) is 0. The van der Waals surface area contributed by atoms with Gasteiger partial charge in [-0.15, -0.1) is 0 Å². The molecule has 0 bridgehead atoms. The van der Waals surface area contributed by atoms with Gasteiger partial charge in [0.05, 0.1) is 5.92 Å². The molecule has 2 heterocycles. The van der Waals surface area contributed by atoms with Gasteiger partial charge in [-0.1, -0.05) is 0 Å². The van der Waals surface area contributed by atoms with Crippen molar-refractivity contribution in [2.45, 2.75) is 38.5 Å². The predicted molar refractivity (Wildman–Crippen MR) is 75.9 cm³/mol. The number of hydrogen-bond donors (Lipinski definition) is 0. The van der Waals surface area contributed by atoms with Crippen molar-refractivity contribution in [2.75, 3.05) is 6.54 Å². The molecule has 1 atom stereocenters. The molecule has 1 aliphatic rings. The highest BCUT2D eigenvalue weighted by Crippen LogP contribution is 2.44. The monoisotopic (exact) mass is 333 g/mol. The Bertz CT molecular complexity index is 733. The maximum absolute atomic E-state index is 13.1. The minimum Gasteiger partial charge on any atom is -0.335 e. The fourth-order valence-corrected chi connectivity index (χ4v) is 3.07. The van der Waals surface area contributed by atoms with E-state index in [0.29, 0.717) is 0 Å². The number of amides is 1. The number of rotatable bonds is 2. The first-order chi connectivity index (χ1) is 10.5. The Morgan fingerprint density at radius 1 is 1.35 bits per heavy atom. The number of nitrogens with zero attached hydrogens (tertiary/aromatic N) is 3. The Morgan fingerprint density at radius 3 is 2.48 bits per heavy atom. The van der Waals surface area contributed by atoms with Crippen LogP contribution >= 0.6 is 0 Å². The minimum atomic E-state index is -4.38. The number of carbonyl (C=O) groups excluding carboxylic acids is 1. The Morgan fingerprint density at radius 2 is 1.96 bits per heavy atom. The molecule has 0 saturated carbocycles. The van der Waals surface area contributed by atoms with Gasteiger partial charge in [0.1, 0.15) is 6.54 Å². The summed E-state index contributed by atoms with van der Waals surface area (Å²) in [5.74, 6) is -2.18. The van der Waals surface area contributed by atoms with E-state index in [1.54, 1.807) is 0 Å². The van der Waals surface area contributed by atoms with Crippen LogP contribution in [0.4, 0.5) is 13.2 Å². The van der Waals surface area contributed by atoms with E-state index >= 15 is 0 Å². The van der Waals surface area contributed by atoms with Crippen molar-refractivity contribution >= 4 is 5.91 Å². The molecule has 23 heavy (non-hydrogen) atoms. The summed E-state index contributed by atoms with van der Waals surface area (Å²) in [5.41, 5.74) is -2.58.